The van der Waals surface area contributed by atoms with Crippen molar-refractivity contribution in [1.82, 2.24) is 15.1 Å². The smallest absolute Gasteiger partial charge is 0.305 e. The summed E-state index contributed by atoms with van der Waals surface area (Å²) in [7, 11) is 1.66. The molecular weight excluding hydrogens is 234 g/mol. The predicted octanol–water partition coefficient (Wildman–Crippen LogP) is 1.04. The van der Waals surface area contributed by atoms with E-state index in [0.29, 0.717) is 5.69 Å². The first kappa shape index (κ1) is 14.2. The van der Waals surface area contributed by atoms with E-state index in [1.807, 2.05) is 20.8 Å². The van der Waals surface area contributed by atoms with E-state index < -0.39 is 12.0 Å². The normalized spacial score (nSPS) is 13.1. The Morgan fingerprint density at radius 1 is 1.50 bits per heavy atom. The number of aliphatic carboxylic acids is 1. The third-order valence-corrected chi connectivity index (χ3v) is 2.78. The van der Waals surface area contributed by atoms with E-state index in [1.54, 1.807) is 13.1 Å². The molecule has 0 saturated carbocycles. The fraction of sp³-hybridized carbons (Fsp3) is 0.583. The fourth-order valence-corrected chi connectivity index (χ4v) is 1.58. The van der Waals surface area contributed by atoms with E-state index in [9.17, 15) is 9.59 Å². The number of nitrogens with one attached hydrogen (secondary N) is 1. The molecule has 0 fully saturated rings. The van der Waals surface area contributed by atoms with Gasteiger partial charge in [-0.05, 0) is 11.5 Å². The molecule has 0 radical (unpaired) electrons. The molecule has 100 valence electrons. The molecule has 1 aromatic heterocycles. The van der Waals surface area contributed by atoms with Gasteiger partial charge in [-0.1, -0.05) is 20.8 Å². The van der Waals surface area contributed by atoms with Gasteiger partial charge in [0.25, 0.3) is 5.91 Å². The number of carboxylic acids is 1. The first-order chi connectivity index (χ1) is 8.21. The molecule has 0 spiro atoms. The minimum Gasteiger partial charge on any atom is -0.481 e. The van der Waals surface area contributed by atoms with Crippen LogP contribution in [0.25, 0.3) is 0 Å². The zero-order valence-electron chi connectivity index (χ0n) is 11.1. The average Bonchev–Trinajstić information content (AvgIpc) is 2.61. The van der Waals surface area contributed by atoms with Gasteiger partial charge in [-0.3, -0.25) is 14.3 Å². The Labute approximate surface area is 106 Å². The molecule has 0 aromatic carbocycles. The number of carbonyl (C=O) groups excluding carboxylic acids is 1. The molecule has 0 aliphatic rings. The standard InChI is InChI=1S/C12H19N3O3/c1-12(2,3)9(7-10(16)17)14-11(18)8-5-6-13-15(8)4/h5-6,9H,7H2,1-4H3,(H,14,18)(H,16,17). The zero-order chi connectivity index (χ0) is 13.9. The summed E-state index contributed by atoms with van der Waals surface area (Å²) in [6.45, 7) is 5.68. The van der Waals surface area contributed by atoms with Gasteiger partial charge in [-0.25, -0.2) is 0 Å². The van der Waals surface area contributed by atoms with Crippen molar-refractivity contribution in [3.05, 3.63) is 18.0 Å². The molecule has 6 heteroatoms. The van der Waals surface area contributed by atoms with Gasteiger partial charge >= 0.3 is 5.97 Å². The lowest BCUT2D eigenvalue weighted by Crippen LogP contribution is -2.45. The van der Waals surface area contributed by atoms with Crippen LogP contribution in [0.2, 0.25) is 0 Å². The van der Waals surface area contributed by atoms with Crippen molar-refractivity contribution in [2.24, 2.45) is 12.5 Å². The molecule has 1 atom stereocenters. The number of carboxylic acid groups (broad SMARTS) is 1. The summed E-state index contributed by atoms with van der Waals surface area (Å²) in [5.74, 6) is -1.24. The van der Waals surface area contributed by atoms with E-state index in [0.717, 1.165) is 0 Å². The zero-order valence-corrected chi connectivity index (χ0v) is 11.1. The van der Waals surface area contributed by atoms with Gasteiger partial charge in [-0.2, -0.15) is 5.10 Å². The van der Waals surface area contributed by atoms with Gasteiger partial charge in [0.05, 0.1) is 6.42 Å². The Balaban J connectivity index is 2.82. The van der Waals surface area contributed by atoms with Crippen LogP contribution in [0.1, 0.15) is 37.7 Å². The third kappa shape index (κ3) is 3.58. The van der Waals surface area contributed by atoms with Crippen LogP contribution >= 0.6 is 0 Å². The van der Waals surface area contributed by atoms with Crippen LogP contribution in [0.5, 0.6) is 0 Å². The Hall–Kier alpha value is -1.85. The lowest BCUT2D eigenvalue weighted by molar-refractivity contribution is -0.138. The molecule has 1 aromatic rings. The highest BCUT2D eigenvalue weighted by molar-refractivity contribution is 5.92. The van der Waals surface area contributed by atoms with Crippen molar-refractivity contribution in [3.63, 3.8) is 0 Å². The second-order valence-electron chi connectivity index (χ2n) is 5.33. The quantitative estimate of drug-likeness (QED) is 0.839. The molecule has 0 bridgehead atoms. The van der Waals surface area contributed by atoms with Crippen LogP contribution in [-0.4, -0.2) is 32.8 Å². The number of aryl methyl sites for hydroxylation is 1. The summed E-state index contributed by atoms with van der Waals surface area (Å²) >= 11 is 0. The van der Waals surface area contributed by atoms with E-state index >= 15 is 0 Å². The summed E-state index contributed by atoms with van der Waals surface area (Å²) < 4.78 is 1.45. The largest absolute Gasteiger partial charge is 0.481 e. The monoisotopic (exact) mass is 253 g/mol. The van der Waals surface area contributed by atoms with Gasteiger partial charge in [0.15, 0.2) is 0 Å². The second-order valence-corrected chi connectivity index (χ2v) is 5.33. The number of hydrogen-bond donors (Lipinski definition) is 2. The van der Waals surface area contributed by atoms with Crippen molar-refractivity contribution in [1.29, 1.82) is 0 Å². The fourth-order valence-electron chi connectivity index (χ4n) is 1.58. The summed E-state index contributed by atoms with van der Waals surface area (Å²) in [6.07, 6.45) is 1.42. The lowest BCUT2D eigenvalue weighted by atomic mass is 9.84. The Morgan fingerprint density at radius 3 is 2.50 bits per heavy atom. The highest BCUT2D eigenvalue weighted by Gasteiger charge is 2.29. The van der Waals surface area contributed by atoms with Crippen molar-refractivity contribution >= 4 is 11.9 Å². The third-order valence-electron chi connectivity index (χ3n) is 2.78. The van der Waals surface area contributed by atoms with E-state index in [2.05, 4.69) is 10.4 Å². The number of hydrogen-bond acceptors (Lipinski definition) is 3. The number of aromatic nitrogens is 2. The summed E-state index contributed by atoms with van der Waals surface area (Å²) in [6, 6.07) is 1.16. The molecular formula is C12H19N3O3. The number of amides is 1. The number of rotatable bonds is 4. The molecule has 0 aliphatic heterocycles. The van der Waals surface area contributed by atoms with Crippen LogP contribution in [0, 0.1) is 5.41 Å². The van der Waals surface area contributed by atoms with Gasteiger partial charge in [-0.15, -0.1) is 0 Å². The molecule has 1 unspecified atom stereocenters. The maximum absolute atomic E-state index is 12.0. The van der Waals surface area contributed by atoms with Crippen molar-refractivity contribution < 1.29 is 14.7 Å². The SMILES string of the molecule is Cn1nccc1C(=O)NC(CC(=O)O)C(C)(C)C. The molecule has 1 rings (SSSR count). The van der Waals surface area contributed by atoms with Crippen LogP contribution in [0.3, 0.4) is 0 Å². The lowest BCUT2D eigenvalue weighted by Gasteiger charge is -2.30. The van der Waals surface area contributed by atoms with Gasteiger partial charge in [0.1, 0.15) is 5.69 Å². The number of nitrogens with zero attached hydrogens (tertiary/aromatic N) is 2. The highest BCUT2D eigenvalue weighted by atomic mass is 16.4. The molecule has 0 saturated heterocycles. The Bertz CT molecular complexity index is 446. The summed E-state index contributed by atoms with van der Waals surface area (Å²) in [5.41, 5.74) is 0.0850. The first-order valence-electron chi connectivity index (χ1n) is 5.72. The summed E-state index contributed by atoms with van der Waals surface area (Å²) in [5, 5.41) is 15.5. The van der Waals surface area contributed by atoms with Gasteiger partial charge < -0.3 is 10.4 Å². The van der Waals surface area contributed by atoms with Crippen LogP contribution in [0.4, 0.5) is 0 Å². The van der Waals surface area contributed by atoms with Gasteiger partial charge in [0, 0.05) is 19.3 Å². The van der Waals surface area contributed by atoms with Crippen molar-refractivity contribution in [2.45, 2.75) is 33.2 Å². The predicted molar refractivity (Wildman–Crippen MR) is 66.2 cm³/mol. The maximum atomic E-state index is 12.0. The van der Waals surface area contributed by atoms with E-state index in [4.69, 9.17) is 5.11 Å². The molecule has 1 heterocycles. The highest BCUT2D eigenvalue weighted by Crippen LogP contribution is 2.22. The van der Waals surface area contributed by atoms with Crippen LogP contribution in [-0.2, 0) is 11.8 Å². The van der Waals surface area contributed by atoms with Crippen LogP contribution < -0.4 is 5.32 Å². The Kier molecular flexibility index (Phi) is 4.11. The van der Waals surface area contributed by atoms with Crippen LogP contribution in [0.15, 0.2) is 12.3 Å². The topological polar surface area (TPSA) is 84.2 Å². The molecule has 0 aliphatic carbocycles. The minimum atomic E-state index is -0.930. The number of carbonyl (C=O) groups is 2. The molecule has 18 heavy (non-hydrogen) atoms. The second kappa shape index (κ2) is 5.20. The first-order valence-corrected chi connectivity index (χ1v) is 5.72. The average molecular weight is 253 g/mol. The molecule has 6 nitrogen and oxygen atoms in total. The summed E-state index contributed by atoms with van der Waals surface area (Å²) in [4.78, 5) is 22.8. The molecule has 1 amide bonds. The van der Waals surface area contributed by atoms with E-state index in [1.165, 1.54) is 10.9 Å². The van der Waals surface area contributed by atoms with Gasteiger partial charge in [0.2, 0.25) is 0 Å². The van der Waals surface area contributed by atoms with Crippen molar-refractivity contribution in [3.8, 4) is 0 Å². The minimum absolute atomic E-state index is 0.104. The van der Waals surface area contributed by atoms with Crippen molar-refractivity contribution in [2.75, 3.05) is 0 Å². The Morgan fingerprint density at radius 2 is 2.11 bits per heavy atom. The van der Waals surface area contributed by atoms with E-state index in [-0.39, 0.29) is 17.7 Å². The maximum Gasteiger partial charge on any atom is 0.305 e. The molecule has 2 N–H and O–H groups in total.